The standard InChI is InChI=1S/C25H28IN5OS/c1-14-8-9-15(2)19(13-14)29-20(32)10-12-31-24(21-16(3)28-17(4)22(21)26)23(30-25(31)33)18-7-5-6-11-27-18/h5-9,11,13,23-24,28H,10,12H2,1-4H3,(H,29,32)(H,30,33). The van der Waals surface area contributed by atoms with Crippen LogP contribution in [0.5, 0.6) is 0 Å². The predicted molar refractivity (Wildman–Crippen MR) is 144 cm³/mol. The number of aryl methyl sites for hydroxylation is 4. The molecule has 1 aromatic carbocycles. The highest BCUT2D eigenvalue weighted by atomic mass is 127. The highest BCUT2D eigenvalue weighted by Gasteiger charge is 2.42. The van der Waals surface area contributed by atoms with Crippen molar-refractivity contribution in [2.24, 2.45) is 0 Å². The molecule has 2 aromatic heterocycles. The zero-order chi connectivity index (χ0) is 23.7. The number of H-pyrrole nitrogens is 1. The Labute approximate surface area is 213 Å². The maximum absolute atomic E-state index is 12.9. The Morgan fingerprint density at radius 2 is 1.97 bits per heavy atom. The van der Waals surface area contributed by atoms with E-state index in [9.17, 15) is 4.79 Å². The summed E-state index contributed by atoms with van der Waals surface area (Å²) in [5.74, 6) is -0.0248. The first kappa shape index (κ1) is 23.7. The minimum atomic E-state index is -0.0943. The molecule has 1 fully saturated rings. The van der Waals surface area contributed by atoms with E-state index in [1.807, 2.05) is 50.2 Å². The molecule has 3 N–H and O–H groups in total. The first-order chi connectivity index (χ1) is 15.8. The summed E-state index contributed by atoms with van der Waals surface area (Å²) in [6.45, 7) is 8.70. The van der Waals surface area contributed by atoms with Gasteiger partial charge in [0.2, 0.25) is 5.91 Å². The fraction of sp³-hybridized carbons (Fsp3) is 0.320. The van der Waals surface area contributed by atoms with E-state index in [1.54, 1.807) is 6.20 Å². The van der Waals surface area contributed by atoms with E-state index >= 15 is 0 Å². The molecule has 6 nitrogen and oxygen atoms in total. The van der Waals surface area contributed by atoms with Gasteiger partial charge in [0.1, 0.15) is 0 Å². The lowest BCUT2D eigenvalue weighted by Gasteiger charge is -2.28. The smallest absolute Gasteiger partial charge is 0.226 e. The minimum absolute atomic E-state index is 0.0248. The first-order valence-electron chi connectivity index (χ1n) is 11.0. The van der Waals surface area contributed by atoms with Crippen LogP contribution in [-0.4, -0.2) is 32.4 Å². The summed E-state index contributed by atoms with van der Waals surface area (Å²) in [5.41, 5.74) is 7.40. The van der Waals surface area contributed by atoms with Gasteiger partial charge in [0.15, 0.2) is 5.11 Å². The van der Waals surface area contributed by atoms with Crippen molar-refractivity contribution < 1.29 is 4.79 Å². The number of carbonyl (C=O) groups excluding carboxylic acids is 1. The van der Waals surface area contributed by atoms with E-state index in [1.165, 1.54) is 9.13 Å². The van der Waals surface area contributed by atoms with Gasteiger partial charge < -0.3 is 20.5 Å². The molecule has 2 atom stereocenters. The molecular formula is C25H28IN5OS. The van der Waals surface area contributed by atoms with Gasteiger partial charge in [-0.15, -0.1) is 0 Å². The van der Waals surface area contributed by atoms with Crippen LogP contribution in [0.15, 0.2) is 42.6 Å². The predicted octanol–water partition coefficient (Wildman–Crippen LogP) is 5.25. The fourth-order valence-corrected chi connectivity index (χ4v) is 5.58. The van der Waals surface area contributed by atoms with Gasteiger partial charge in [0.25, 0.3) is 0 Å². The largest absolute Gasteiger partial charge is 0.362 e. The number of nitrogens with one attached hydrogen (secondary N) is 3. The van der Waals surface area contributed by atoms with Gasteiger partial charge in [0.05, 0.1) is 17.8 Å². The van der Waals surface area contributed by atoms with Crippen molar-refractivity contribution in [2.45, 2.75) is 46.2 Å². The van der Waals surface area contributed by atoms with Crippen molar-refractivity contribution >= 4 is 51.5 Å². The number of carbonyl (C=O) groups is 1. The molecule has 1 aliphatic heterocycles. The summed E-state index contributed by atoms with van der Waals surface area (Å²) < 4.78 is 1.19. The SMILES string of the molecule is Cc1ccc(C)c(NC(=O)CCN2C(=S)NC(c3ccccn3)C2c2c(C)[nH]c(C)c2I)c1. The Balaban J connectivity index is 1.59. The molecule has 1 saturated heterocycles. The molecule has 33 heavy (non-hydrogen) atoms. The third kappa shape index (κ3) is 4.91. The number of benzene rings is 1. The maximum atomic E-state index is 12.9. The van der Waals surface area contributed by atoms with Crippen molar-refractivity contribution in [1.29, 1.82) is 0 Å². The number of hydrogen-bond acceptors (Lipinski definition) is 3. The summed E-state index contributed by atoms with van der Waals surface area (Å²) in [6.07, 6.45) is 2.14. The molecule has 3 aromatic rings. The number of anilines is 1. The van der Waals surface area contributed by atoms with Crippen LogP contribution in [0.25, 0.3) is 0 Å². The molecule has 0 aliphatic carbocycles. The van der Waals surface area contributed by atoms with Gasteiger partial charge in [-0.3, -0.25) is 9.78 Å². The number of hydrogen-bond donors (Lipinski definition) is 3. The van der Waals surface area contributed by atoms with Gasteiger partial charge >= 0.3 is 0 Å². The number of halogens is 1. The maximum Gasteiger partial charge on any atom is 0.226 e. The molecule has 0 saturated carbocycles. The van der Waals surface area contributed by atoms with Crippen molar-refractivity contribution in [3.8, 4) is 0 Å². The van der Waals surface area contributed by atoms with Crippen molar-refractivity contribution in [2.75, 3.05) is 11.9 Å². The van der Waals surface area contributed by atoms with Gasteiger partial charge in [0, 0.05) is 45.4 Å². The molecule has 2 unspecified atom stereocenters. The summed E-state index contributed by atoms with van der Waals surface area (Å²) in [5, 5.41) is 7.18. The Bertz CT molecular complexity index is 1190. The average Bonchev–Trinajstić information content (AvgIpc) is 3.23. The van der Waals surface area contributed by atoms with Crippen molar-refractivity contribution in [3.63, 3.8) is 0 Å². The second-order valence-corrected chi connectivity index (χ2v) is 10.0. The van der Waals surface area contributed by atoms with Crippen LogP contribution in [0.2, 0.25) is 0 Å². The fourth-order valence-electron chi connectivity index (χ4n) is 4.39. The first-order valence-corrected chi connectivity index (χ1v) is 12.4. The molecular weight excluding hydrogens is 545 g/mol. The second-order valence-electron chi connectivity index (χ2n) is 8.54. The Hall–Kier alpha value is -2.46. The van der Waals surface area contributed by atoms with E-state index < -0.39 is 0 Å². The van der Waals surface area contributed by atoms with Crippen LogP contribution in [0.1, 0.15) is 52.3 Å². The molecule has 0 radical (unpaired) electrons. The van der Waals surface area contributed by atoms with Crippen LogP contribution in [0.3, 0.4) is 0 Å². The molecule has 1 aliphatic rings. The summed E-state index contributed by atoms with van der Waals surface area (Å²) >= 11 is 8.15. The molecule has 0 bridgehead atoms. The van der Waals surface area contributed by atoms with Crippen LogP contribution >= 0.6 is 34.8 Å². The van der Waals surface area contributed by atoms with Crippen LogP contribution in [0.4, 0.5) is 5.69 Å². The number of aromatic amines is 1. The topological polar surface area (TPSA) is 73.1 Å². The number of pyridine rings is 1. The van der Waals surface area contributed by atoms with Crippen molar-refractivity contribution in [3.05, 3.63) is 79.9 Å². The molecule has 0 spiro atoms. The molecule has 1 amide bonds. The normalized spacial score (nSPS) is 17.8. The van der Waals surface area contributed by atoms with E-state index in [0.717, 1.165) is 33.9 Å². The minimum Gasteiger partial charge on any atom is -0.362 e. The number of aromatic nitrogens is 2. The quantitative estimate of drug-likeness (QED) is 0.278. The van der Waals surface area contributed by atoms with Gasteiger partial charge in [-0.25, -0.2) is 0 Å². The molecule has 172 valence electrons. The highest BCUT2D eigenvalue weighted by Crippen LogP contribution is 2.42. The lowest BCUT2D eigenvalue weighted by molar-refractivity contribution is -0.116. The third-order valence-corrected chi connectivity index (χ3v) is 7.83. The van der Waals surface area contributed by atoms with E-state index in [-0.39, 0.29) is 18.0 Å². The Morgan fingerprint density at radius 3 is 2.64 bits per heavy atom. The zero-order valence-electron chi connectivity index (χ0n) is 19.2. The molecule has 4 rings (SSSR count). The lowest BCUT2D eigenvalue weighted by atomic mass is 9.96. The summed E-state index contributed by atoms with van der Waals surface area (Å²) in [4.78, 5) is 23.0. The van der Waals surface area contributed by atoms with Gasteiger partial charge in [-0.2, -0.15) is 0 Å². The number of rotatable bonds is 6. The van der Waals surface area contributed by atoms with Crippen LogP contribution < -0.4 is 10.6 Å². The Morgan fingerprint density at radius 1 is 1.18 bits per heavy atom. The molecule has 8 heteroatoms. The molecule has 3 heterocycles. The summed E-state index contributed by atoms with van der Waals surface area (Å²) in [7, 11) is 0. The van der Waals surface area contributed by atoms with E-state index in [0.29, 0.717) is 18.1 Å². The van der Waals surface area contributed by atoms with Crippen molar-refractivity contribution in [1.82, 2.24) is 20.2 Å². The van der Waals surface area contributed by atoms with Crippen LogP contribution in [0, 0.1) is 31.3 Å². The number of amides is 1. The second kappa shape index (κ2) is 9.80. The van der Waals surface area contributed by atoms with Gasteiger partial charge in [-0.1, -0.05) is 18.2 Å². The zero-order valence-corrected chi connectivity index (χ0v) is 22.2. The number of nitrogens with zero attached hydrogens (tertiary/aromatic N) is 2. The Kier molecular flexibility index (Phi) is 7.04. The monoisotopic (exact) mass is 573 g/mol. The summed E-state index contributed by atoms with van der Waals surface area (Å²) in [6, 6.07) is 11.8. The average molecular weight is 574 g/mol. The number of thiocarbonyl (C=S) groups is 1. The van der Waals surface area contributed by atoms with Gasteiger partial charge in [-0.05, 0) is 91.8 Å². The lowest BCUT2D eigenvalue weighted by Crippen LogP contribution is -2.33. The van der Waals surface area contributed by atoms with E-state index in [2.05, 4.69) is 61.9 Å². The highest BCUT2D eigenvalue weighted by molar-refractivity contribution is 14.1. The third-order valence-electron chi connectivity index (χ3n) is 6.09. The van der Waals surface area contributed by atoms with Crippen LogP contribution in [-0.2, 0) is 4.79 Å². The van der Waals surface area contributed by atoms with E-state index in [4.69, 9.17) is 12.2 Å².